The molecular formula is C21H19ClN4O2S. The summed E-state index contributed by atoms with van der Waals surface area (Å²) in [5, 5.41) is 9.53. The first-order valence-electron chi connectivity index (χ1n) is 8.92. The normalized spacial score (nSPS) is 17.6. The lowest BCUT2D eigenvalue weighted by Crippen LogP contribution is -2.35. The average molecular weight is 427 g/mol. The highest BCUT2D eigenvalue weighted by atomic mass is 35.5. The maximum absolute atomic E-state index is 12.5. The molecule has 1 aromatic heterocycles. The molecule has 0 saturated heterocycles. The van der Waals surface area contributed by atoms with Crippen molar-refractivity contribution < 1.29 is 9.53 Å². The number of amidine groups is 2. The molecule has 2 aliphatic heterocycles. The van der Waals surface area contributed by atoms with Crippen molar-refractivity contribution in [2.24, 2.45) is 4.99 Å². The standard InChI is InChI=1S/C21H19ClN4O2S/c1-11-7-14(13(3)26(11)15-5-6-18(28-4)17(22)9-15)8-16-19(23)25-10-12(2)29-21(25)24-20(16)27/h5-10,23H,1-4H3/b16-8-,23-19?. The summed E-state index contributed by atoms with van der Waals surface area (Å²) in [6.07, 6.45) is 3.57. The number of rotatable bonds is 3. The molecule has 0 atom stereocenters. The Balaban J connectivity index is 1.76. The molecule has 0 aliphatic carbocycles. The fraction of sp³-hybridized carbons (Fsp3) is 0.190. The summed E-state index contributed by atoms with van der Waals surface area (Å²) in [6.45, 7) is 5.89. The molecule has 0 bridgehead atoms. The Bertz CT molecular complexity index is 1160. The molecule has 4 rings (SSSR count). The average Bonchev–Trinajstić information content (AvgIpc) is 3.17. The van der Waals surface area contributed by atoms with Gasteiger partial charge in [0.05, 0.1) is 17.7 Å². The number of methoxy groups -OCH3 is 1. The summed E-state index contributed by atoms with van der Waals surface area (Å²) >= 11 is 7.70. The van der Waals surface area contributed by atoms with Crippen LogP contribution < -0.4 is 4.74 Å². The SMILES string of the molecule is COc1ccc(-n2c(C)cc(/C=C3/C(=N)N4C=C(C)SC4=NC3=O)c2C)cc1Cl. The molecular weight excluding hydrogens is 408 g/mol. The lowest BCUT2D eigenvalue weighted by Gasteiger charge is -2.22. The van der Waals surface area contributed by atoms with Crippen molar-refractivity contribution in [2.75, 3.05) is 7.11 Å². The van der Waals surface area contributed by atoms with Crippen molar-refractivity contribution in [2.45, 2.75) is 20.8 Å². The Morgan fingerprint density at radius 2 is 2.00 bits per heavy atom. The lowest BCUT2D eigenvalue weighted by atomic mass is 10.1. The van der Waals surface area contributed by atoms with E-state index in [1.165, 1.54) is 11.8 Å². The van der Waals surface area contributed by atoms with Gasteiger partial charge in [-0.15, -0.1) is 0 Å². The predicted molar refractivity (Wildman–Crippen MR) is 118 cm³/mol. The number of hydrogen-bond donors (Lipinski definition) is 1. The molecule has 2 aliphatic rings. The Morgan fingerprint density at radius 3 is 2.69 bits per heavy atom. The predicted octanol–water partition coefficient (Wildman–Crippen LogP) is 4.92. The molecule has 0 radical (unpaired) electrons. The Morgan fingerprint density at radius 1 is 1.24 bits per heavy atom. The molecule has 8 heteroatoms. The van der Waals surface area contributed by atoms with E-state index in [1.807, 2.05) is 51.2 Å². The van der Waals surface area contributed by atoms with Gasteiger partial charge < -0.3 is 9.30 Å². The van der Waals surface area contributed by atoms with Crippen LogP contribution in [0.3, 0.4) is 0 Å². The third kappa shape index (κ3) is 3.30. The first-order valence-corrected chi connectivity index (χ1v) is 10.1. The van der Waals surface area contributed by atoms with Crippen LogP contribution in [0, 0.1) is 19.3 Å². The van der Waals surface area contributed by atoms with Gasteiger partial charge in [-0.3, -0.25) is 15.1 Å². The van der Waals surface area contributed by atoms with E-state index >= 15 is 0 Å². The van der Waals surface area contributed by atoms with Crippen LogP contribution in [0.25, 0.3) is 11.8 Å². The minimum Gasteiger partial charge on any atom is -0.495 e. The quantitative estimate of drug-likeness (QED) is 0.707. The largest absolute Gasteiger partial charge is 0.495 e. The number of hydrogen-bond acceptors (Lipinski definition) is 4. The second kappa shape index (κ2) is 7.24. The Hall–Kier alpha value is -2.77. The van der Waals surface area contributed by atoms with Gasteiger partial charge in [-0.05, 0) is 56.7 Å². The molecule has 1 N–H and O–H groups in total. The number of carbonyl (C=O) groups excluding carboxylic acids is 1. The number of aryl methyl sites for hydroxylation is 1. The van der Waals surface area contributed by atoms with Gasteiger partial charge in [0.1, 0.15) is 11.6 Å². The number of thioether (sulfide) groups is 1. The van der Waals surface area contributed by atoms with Gasteiger partial charge in [0.2, 0.25) is 0 Å². The topological polar surface area (TPSA) is 70.7 Å². The Kier molecular flexibility index (Phi) is 4.88. The number of benzene rings is 1. The second-order valence-electron chi connectivity index (χ2n) is 6.80. The first kappa shape index (κ1) is 19.5. The fourth-order valence-corrected chi connectivity index (χ4v) is 4.55. The molecule has 6 nitrogen and oxygen atoms in total. The fourth-order valence-electron chi connectivity index (χ4n) is 3.48. The van der Waals surface area contributed by atoms with E-state index in [-0.39, 0.29) is 11.4 Å². The van der Waals surface area contributed by atoms with Crippen LogP contribution in [0.5, 0.6) is 5.75 Å². The number of nitrogens with zero attached hydrogens (tertiary/aromatic N) is 3. The van der Waals surface area contributed by atoms with Gasteiger partial charge in [-0.1, -0.05) is 23.4 Å². The van der Waals surface area contributed by atoms with Gasteiger partial charge in [0, 0.05) is 28.2 Å². The van der Waals surface area contributed by atoms with Crippen molar-refractivity contribution in [3.8, 4) is 11.4 Å². The van der Waals surface area contributed by atoms with Gasteiger partial charge >= 0.3 is 0 Å². The zero-order valence-corrected chi connectivity index (χ0v) is 18.0. The van der Waals surface area contributed by atoms with Crippen LogP contribution in [0.15, 0.2) is 45.9 Å². The van der Waals surface area contributed by atoms with Crippen LogP contribution in [0.4, 0.5) is 0 Å². The van der Waals surface area contributed by atoms with E-state index in [1.54, 1.807) is 18.1 Å². The monoisotopic (exact) mass is 426 g/mol. The molecule has 3 heterocycles. The number of carbonyl (C=O) groups is 1. The Labute approximate surface area is 178 Å². The summed E-state index contributed by atoms with van der Waals surface area (Å²) in [4.78, 5) is 19.3. The van der Waals surface area contributed by atoms with Crippen molar-refractivity contribution in [1.82, 2.24) is 9.47 Å². The van der Waals surface area contributed by atoms with Gasteiger partial charge in [-0.25, -0.2) is 0 Å². The molecule has 1 aromatic carbocycles. The summed E-state index contributed by atoms with van der Waals surface area (Å²) in [5.74, 6) is 0.359. The summed E-state index contributed by atoms with van der Waals surface area (Å²) in [5.41, 5.74) is 3.95. The van der Waals surface area contributed by atoms with Gasteiger partial charge in [0.25, 0.3) is 5.91 Å². The van der Waals surface area contributed by atoms with Crippen LogP contribution in [-0.4, -0.2) is 33.5 Å². The second-order valence-corrected chi connectivity index (χ2v) is 8.42. The first-order chi connectivity index (χ1) is 13.8. The molecule has 1 amide bonds. The highest BCUT2D eigenvalue weighted by Gasteiger charge is 2.33. The number of aliphatic imine (C=N–C) groups is 1. The molecule has 0 unspecified atom stereocenters. The number of amides is 1. The highest BCUT2D eigenvalue weighted by molar-refractivity contribution is 8.17. The summed E-state index contributed by atoms with van der Waals surface area (Å²) in [7, 11) is 1.58. The van der Waals surface area contributed by atoms with E-state index in [0.717, 1.165) is 27.5 Å². The van der Waals surface area contributed by atoms with Gasteiger partial charge in [-0.2, -0.15) is 4.99 Å². The van der Waals surface area contributed by atoms with Crippen molar-refractivity contribution >= 4 is 46.3 Å². The minimum atomic E-state index is -0.394. The third-order valence-corrected chi connectivity index (χ3v) is 6.05. The van der Waals surface area contributed by atoms with Crippen LogP contribution >= 0.6 is 23.4 Å². The highest BCUT2D eigenvalue weighted by Crippen LogP contribution is 2.34. The smallest absolute Gasteiger partial charge is 0.283 e. The van der Waals surface area contributed by atoms with Crippen LogP contribution in [-0.2, 0) is 4.79 Å². The van der Waals surface area contributed by atoms with Crippen LogP contribution in [0.2, 0.25) is 5.02 Å². The van der Waals surface area contributed by atoms with Crippen molar-refractivity contribution in [3.05, 3.63) is 62.9 Å². The number of aromatic nitrogens is 1. The van der Waals surface area contributed by atoms with Gasteiger partial charge in [0.15, 0.2) is 5.17 Å². The summed E-state index contributed by atoms with van der Waals surface area (Å²) < 4.78 is 7.29. The van der Waals surface area contributed by atoms with E-state index < -0.39 is 5.91 Å². The maximum atomic E-state index is 12.5. The number of ether oxygens (including phenoxy) is 1. The van der Waals surface area contributed by atoms with E-state index in [2.05, 4.69) is 9.56 Å². The molecule has 0 fully saturated rings. The maximum Gasteiger partial charge on any atom is 0.283 e. The zero-order chi connectivity index (χ0) is 20.9. The zero-order valence-electron chi connectivity index (χ0n) is 16.4. The number of allylic oxidation sites excluding steroid dienone is 1. The number of halogens is 1. The molecule has 0 spiro atoms. The lowest BCUT2D eigenvalue weighted by molar-refractivity contribution is -0.114. The minimum absolute atomic E-state index is 0.140. The third-order valence-electron chi connectivity index (χ3n) is 4.86. The molecule has 29 heavy (non-hydrogen) atoms. The van der Waals surface area contributed by atoms with Crippen molar-refractivity contribution in [1.29, 1.82) is 5.41 Å². The van der Waals surface area contributed by atoms with E-state index in [9.17, 15) is 4.79 Å². The molecule has 0 saturated carbocycles. The van der Waals surface area contributed by atoms with Crippen LogP contribution in [0.1, 0.15) is 23.9 Å². The molecule has 2 aromatic rings. The molecule has 148 valence electrons. The van der Waals surface area contributed by atoms with Crippen molar-refractivity contribution in [3.63, 3.8) is 0 Å². The summed E-state index contributed by atoms with van der Waals surface area (Å²) in [6, 6.07) is 7.59. The number of fused-ring (bicyclic) bond motifs is 1. The van der Waals surface area contributed by atoms with E-state index in [0.29, 0.717) is 15.9 Å². The number of nitrogens with one attached hydrogen (secondary N) is 1. The van der Waals surface area contributed by atoms with E-state index in [4.69, 9.17) is 21.7 Å².